The van der Waals surface area contributed by atoms with Crippen molar-refractivity contribution in [2.24, 2.45) is 5.92 Å². The Morgan fingerprint density at radius 1 is 1.39 bits per heavy atom. The van der Waals surface area contributed by atoms with E-state index in [-0.39, 0.29) is 18.3 Å². The molecule has 1 atom stereocenters. The van der Waals surface area contributed by atoms with Crippen LogP contribution < -0.4 is 4.74 Å². The van der Waals surface area contributed by atoms with Crippen molar-refractivity contribution in [2.75, 3.05) is 19.7 Å². The molecule has 1 N–H and O–H groups in total. The van der Waals surface area contributed by atoms with Gasteiger partial charge in [0.15, 0.2) is 0 Å². The molecular weight excluding hydrogens is 297 g/mol. The summed E-state index contributed by atoms with van der Waals surface area (Å²) in [5.41, 5.74) is -1.04. The van der Waals surface area contributed by atoms with Gasteiger partial charge in [-0.3, -0.25) is 4.79 Å². The van der Waals surface area contributed by atoms with E-state index in [0.717, 1.165) is 12.8 Å². The van der Waals surface area contributed by atoms with Crippen molar-refractivity contribution in [3.8, 4) is 5.75 Å². The smallest absolute Gasteiger partial charge is 0.222 e. The van der Waals surface area contributed by atoms with E-state index >= 15 is 0 Å². The molecule has 23 heavy (non-hydrogen) atoms. The Morgan fingerprint density at radius 3 is 2.91 bits per heavy atom. The van der Waals surface area contributed by atoms with Crippen molar-refractivity contribution in [1.82, 2.24) is 4.90 Å². The zero-order valence-corrected chi connectivity index (χ0v) is 13.3. The van der Waals surface area contributed by atoms with Gasteiger partial charge in [0.2, 0.25) is 5.91 Å². The molecule has 0 bridgehead atoms. The van der Waals surface area contributed by atoms with Crippen LogP contribution in [0, 0.1) is 11.7 Å². The van der Waals surface area contributed by atoms with E-state index in [4.69, 9.17) is 4.74 Å². The summed E-state index contributed by atoms with van der Waals surface area (Å²) in [5, 5.41) is 10.6. The predicted molar refractivity (Wildman–Crippen MR) is 84.6 cm³/mol. The lowest BCUT2D eigenvalue weighted by atomic mass is 10.0. The molecule has 0 aromatic heterocycles. The highest BCUT2D eigenvalue weighted by Gasteiger charge is 2.39. The average Bonchev–Trinajstić information content (AvgIpc) is 3.16. The minimum absolute atomic E-state index is 0.0731. The summed E-state index contributed by atoms with van der Waals surface area (Å²) in [6.07, 6.45) is 5.84. The SMILES string of the molecule is O=C(CC1CCCC1)N1CC[C@](O)(COc2cccc(F)c2)C1. The highest BCUT2D eigenvalue weighted by atomic mass is 19.1. The summed E-state index contributed by atoms with van der Waals surface area (Å²) in [6, 6.07) is 5.87. The number of rotatable bonds is 5. The van der Waals surface area contributed by atoms with E-state index in [1.54, 1.807) is 17.0 Å². The van der Waals surface area contributed by atoms with Gasteiger partial charge in [0.25, 0.3) is 0 Å². The van der Waals surface area contributed by atoms with Crippen molar-refractivity contribution >= 4 is 5.91 Å². The molecule has 0 radical (unpaired) electrons. The van der Waals surface area contributed by atoms with Crippen LogP contribution in [-0.4, -0.2) is 41.2 Å². The number of likely N-dealkylation sites (tertiary alicyclic amines) is 1. The molecule has 1 aliphatic carbocycles. The second-order valence-corrected chi connectivity index (χ2v) is 6.89. The number of aliphatic hydroxyl groups is 1. The first-order valence-electron chi connectivity index (χ1n) is 8.43. The van der Waals surface area contributed by atoms with E-state index in [1.807, 2.05) is 0 Å². The van der Waals surface area contributed by atoms with Crippen LogP contribution in [0.2, 0.25) is 0 Å². The lowest BCUT2D eigenvalue weighted by Gasteiger charge is -2.24. The molecule has 5 heteroatoms. The first kappa shape index (κ1) is 16.2. The van der Waals surface area contributed by atoms with Crippen LogP contribution in [0.3, 0.4) is 0 Å². The number of carbonyl (C=O) groups is 1. The third-order valence-corrected chi connectivity index (χ3v) is 4.93. The van der Waals surface area contributed by atoms with Gasteiger partial charge < -0.3 is 14.7 Å². The molecule has 1 aliphatic heterocycles. The van der Waals surface area contributed by atoms with E-state index < -0.39 is 5.60 Å². The van der Waals surface area contributed by atoms with Crippen molar-refractivity contribution < 1.29 is 19.0 Å². The zero-order valence-electron chi connectivity index (χ0n) is 13.3. The molecule has 2 fully saturated rings. The first-order chi connectivity index (χ1) is 11.0. The average molecular weight is 321 g/mol. The molecule has 1 aromatic carbocycles. The molecule has 1 saturated heterocycles. The van der Waals surface area contributed by atoms with Crippen molar-refractivity contribution in [3.05, 3.63) is 30.1 Å². The fourth-order valence-corrected chi connectivity index (χ4v) is 3.55. The second kappa shape index (κ2) is 6.87. The van der Waals surface area contributed by atoms with Crippen molar-refractivity contribution in [3.63, 3.8) is 0 Å². The third-order valence-electron chi connectivity index (χ3n) is 4.93. The Kier molecular flexibility index (Phi) is 4.85. The van der Waals surface area contributed by atoms with Crippen LogP contribution in [0.5, 0.6) is 5.75 Å². The van der Waals surface area contributed by atoms with Gasteiger partial charge in [-0.2, -0.15) is 0 Å². The van der Waals surface area contributed by atoms with Crippen LogP contribution in [0.4, 0.5) is 4.39 Å². The summed E-state index contributed by atoms with van der Waals surface area (Å²) < 4.78 is 18.6. The molecule has 1 aromatic rings. The lowest BCUT2D eigenvalue weighted by molar-refractivity contribution is -0.132. The highest BCUT2D eigenvalue weighted by Crippen LogP contribution is 2.30. The van der Waals surface area contributed by atoms with Crippen LogP contribution in [0.25, 0.3) is 0 Å². The number of hydrogen-bond donors (Lipinski definition) is 1. The monoisotopic (exact) mass is 321 g/mol. The van der Waals surface area contributed by atoms with E-state index in [9.17, 15) is 14.3 Å². The molecular formula is C18H24FNO3. The lowest BCUT2D eigenvalue weighted by Crippen LogP contribution is -2.41. The maximum absolute atomic E-state index is 13.1. The number of ether oxygens (including phenoxy) is 1. The Hall–Kier alpha value is -1.62. The quantitative estimate of drug-likeness (QED) is 0.907. The molecule has 2 aliphatic rings. The van der Waals surface area contributed by atoms with Gasteiger partial charge in [0.1, 0.15) is 23.8 Å². The van der Waals surface area contributed by atoms with Gasteiger partial charge in [0.05, 0.1) is 6.54 Å². The second-order valence-electron chi connectivity index (χ2n) is 6.89. The number of halogens is 1. The van der Waals surface area contributed by atoms with Crippen LogP contribution >= 0.6 is 0 Å². The van der Waals surface area contributed by atoms with E-state index in [1.165, 1.54) is 25.0 Å². The zero-order chi connectivity index (χ0) is 16.3. The van der Waals surface area contributed by atoms with Crippen LogP contribution in [0.1, 0.15) is 38.5 Å². The first-order valence-corrected chi connectivity index (χ1v) is 8.43. The molecule has 1 saturated carbocycles. The third kappa shape index (κ3) is 4.22. The predicted octanol–water partition coefficient (Wildman–Crippen LogP) is 2.75. The summed E-state index contributed by atoms with van der Waals surface area (Å²) >= 11 is 0. The molecule has 4 nitrogen and oxygen atoms in total. The summed E-state index contributed by atoms with van der Waals surface area (Å²) in [7, 11) is 0. The van der Waals surface area contributed by atoms with Crippen molar-refractivity contribution in [2.45, 2.75) is 44.1 Å². The van der Waals surface area contributed by atoms with Gasteiger partial charge >= 0.3 is 0 Å². The molecule has 3 rings (SSSR count). The number of amides is 1. The van der Waals surface area contributed by atoms with Gasteiger partial charge in [-0.25, -0.2) is 4.39 Å². The maximum Gasteiger partial charge on any atom is 0.222 e. The number of benzene rings is 1. The Morgan fingerprint density at radius 2 is 2.17 bits per heavy atom. The minimum Gasteiger partial charge on any atom is -0.490 e. The normalized spacial score (nSPS) is 25.0. The Bertz CT molecular complexity index is 559. The standard InChI is InChI=1S/C18H24FNO3/c19-15-6-3-7-16(11-15)23-13-18(22)8-9-20(12-18)17(21)10-14-4-1-2-5-14/h3,6-7,11,14,22H,1-2,4-5,8-10,12-13H2/t18-/m1/s1. The summed E-state index contributed by atoms with van der Waals surface area (Å²) in [5.74, 6) is 0.682. The molecule has 126 valence electrons. The van der Waals surface area contributed by atoms with Crippen LogP contribution in [-0.2, 0) is 4.79 Å². The van der Waals surface area contributed by atoms with E-state index in [2.05, 4.69) is 0 Å². The molecule has 0 unspecified atom stereocenters. The number of hydrogen-bond acceptors (Lipinski definition) is 3. The fraction of sp³-hybridized carbons (Fsp3) is 0.611. The number of β-amino-alcohol motifs (C(OH)–C–C–N with tert-alkyl or cyclic N) is 1. The highest BCUT2D eigenvalue weighted by molar-refractivity contribution is 5.77. The number of carbonyl (C=O) groups excluding carboxylic acids is 1. The largest absolute Gasteiger partial charge is 0.490 e. The minimum atomic E-state index is -1.04. The molecule has 1 amide bonds. The fourth-order valence-electron chi connectivity index (χ4n) is 3.55. The van der Waals surface area contributed by atoms with Gasteiger partial charge in [-0.15, -0.1) is 0 Å². The maximum atomic E-state index is 13.1. The molecule has 0 spiro atoms. The topological polar surface area (TPSA) is 49.8 Å². The Labute approximate surface area is 136 Å². The summed E-state index contributed by atoms with van der Waals surface area (Å²) in [6.45, 7) is 0.937. The molecule has 1 heterocycles. The Balaban J connectivity index is 1.50. The van der Waals surface area contributed by atoms with Gasteiger partial charge in [-0.1, -0.05) is 18.9 Å². The number of nitrogens with zero attached hydrogens (tertiary/aromatic N) is 1. The van der Waals surface area contributed by atoms with Gasteiger partial charge in [0, 0.05) is 19.0 Å². The van der Waals surface area contributed by atoms with E-state index in [0.29, 0.717) is 37.6 Å². The summed E-state index contributed by atoms with van der Waals surface area (Å²) in [4.78, 5) is 14.1. The van der Waals surface area contributed by atoms with Crippen molar-refractivity contribution in [1.29, 1.82) is 0 Å². The van der Waals surface area contributed by atoms with Crippen LogP contribution in [0.15, 0.2) is 24.3 Å². The van der Waals surface area contributed by atoms with Gasteiger partial charge in [-0.05, 0) is 37.3 Å².